The molecule has 0 aliphatic carbocycles. The molecule has 2 aromatic rings. The zero-order chi connectivity index (χ0) is 14.1. The van der Waals surface area contributed by atoms with Gasteiger partial charge in [0.25, 0.3) is 5.91 Å². The number of anilines is 1. The van der Waals surface area contributed by atoms with Crippen molar-refractivity contribution in [2.24, 2.45) is 0 Å². The molecule has 0 unspecified atom stereocenters. The molecule has 1 aliphatic heterocycles. The van der Waals surface area contributed by atoms with Crippen molar-refractivity contribution in [3.05, 3.63) is 53.5 Å². The number of hydrogen-bond donors (Lipinski definition) is 1. The van der Waals surface area contributed by atoms with Crippen molar-refractivity contribution in [3.8, 4) is 0 Å². The number of carbonyl (C=O) groups excluding carboxylic acids is 2. The Morgan fingerprint density at radius 3 is 2.75 bits per heavy atom. The number of nitrogens with one attached hydrogen (secondary N) is 1. The Hall–Kier alpha value is -2.56. The van der Waals surface area contributed by atoms with E-state index in [4.69, 9.17) is 4.42 Å². The molecule has 2 heterocycles. The van der Waals surface area contributed by atoms with E-state index in [1.54, 1.807) is 19.1 Å². The van der Waals surface area contributed by atoms with Crippen LogP contribution >= 0.6 is 0 Å². The Balaban J connectivity index is 1.91. The summed E-state index contributed by atoms with van der Waals surface area (Å²) in [6.07, 6.45) is 0. The lowest BCUT2D eigenvalue weighted by molar-refractivity contribution is -0.116. The van der Waals surface area contributed by atoms with E-state index in [-0.39, 0.29) is 24.1 Å². The van der Waals surface area contributed by atoms with Crippen molar-refractivity contribution < 1.29 is 14.0 Å². The van der Waals surface area contributed by atoms with Gasteiger partial charge in [-0.2, -0.15) is 0 Å². The number of fused-ring (bicyclic) bond motifs is 1. The SMILES string of the molecule is Cc1ccc(C(=O)N2CC(=O)Nc3ccccc3C2)o1. The van der Waals surface area contributed by atoms with Gasteiger partial charge in [-0.05, 0) is 30.7 Å². The van der Waals surface area contributed by atoms with E-state index in [9.17, 15) is 9.59 Å². The van der Waals surface area contributed by atoms with Gasteiger partial charge >= 0.3 is 0 Å². The van der Waals surface area contributed by atoms with Crippen LogP contribution in [-0.4, -0.2) is 23.3 Å². The zero-order valence-corrected chi connectivity index (χ0v) is 11.1. The van der Waals surface area contributed by atoms with Gasteiger partial charge in [-0.25, -0.2) is 0 Å². The second kappa shape index (κ2) is 4.85. The molecule has 102 valence electrons. The maximum atomic E-state index is 12.4. The molecule has 0 spiro atoms. The number of para-hydroxylation sites is 1. The van der Waals surface area contributed by atoms with Crippen molar-refractivity contribution in [3.63, 3.8) is 0 Å². The van der Waals surface area contributed by atoms with Crippen LogP contribution in [0.5, 0.6) is 0 Å². The van der Waals surface area contributed by atoms with Crippen LogP contribution in [0.3, 0.4) is 0 Å². The Bertz CT molecular complexity index is 675. The fourth-order valence-electron chi connectivity index (χ4n) is 2.25. The van der Waals surface area contributed by atoms with E-state index in [1.165, 1.54) is 4.90 Å². The van der Waals surface area contributed by atoms with E-state index >= 15 is 0 Å². The van der Waals surface area contributed by atoms with E-state index < -0.39 is 0 Å². The predicted molar refractivity (Wildman–Crippen MR) is 73.3 cm³/mol. The number of rotatable bonds is 1. The first-order valence-corrected chi connectivity index (χ1v) is 6.37. The lowest BCUT2D eigenvalue weighted by Gasteiger charge is -2.18. The van der Waals surface area contributed by atoms with Gasteiger partial charge in [-0.1, -0.05) is 18.2 Å². The van der Waals surface area contributed by atoms with E-state index in [1.807, 2.05) is 24.3 Å². The number of furan rings is 1. The molecule has 0 saturated heterocycles. The number of nitrogens with zero attached hydrogens (tertiary/aromatic N) is 1. The smallest absolute Gasteiger partial charge is 0.290 e. The van der Waals surface area contributed by atoms with E-state index in [2.05, 4.69) is 5.32 Å². The monoisotopic (exact) mass is 270 g/mol. The molecule has 5 heteroatoms. The molecule has 3 rings (SSSR count). The molecule has 1 aliphatic rings. The third kappa shape index (κ3) is 2.30. The summed E-state index contributed by atoms with van der Waals surface area (Å²) in [5.41, 5.74) is 1.67. The highest BCUT2D eigenvalue weighted by Gasteiger charge is 2.25. The van der Waals surface area contributed by atoms with Crippen molar-refractivity contribution in [1.29, 1.82) is 0 Å². The van der Waals surface area contributed by atoms with Crippen LogP contribution in [0.1, 0.15) is 21.9 Å². The maximum Gasteiger partial charge on any atom is 0.290 e. The van der Waals surface area contributed by atoms with Gasteiger partial charge in [0, 0.05) is 12.2 Å². The van der Waals surface area contributed by atoms with E-state index in [0.717, 1.165) is 11.3 Å². The number of hydrogen-bond acceptors (Lipinski definition) is 3. The van der Waals surface area contributed by atoms with Gasteiger partial charge in [0.15, 0.2) is 5.76 Å². The van der Waals surface area contributed by atoms with Crippen molar-refractivity contribution in [2.45, 2.75) is 13.5 Å². The van der Waals surface area contributed by atoms with Crippen molar-refractivity contribution in [2.75, 3.05) is 11.9 Å². The Kier molecular flexibility index (Phi) is 3.02. The summed E-state index contributed by atoms with van der Waals surface area (Å²) >= 11 is 0. The summed E-state index contributed by atoms with van der Waals surface area (Å²) in [6.45, 7) is 2.18. The fraction of sp³-hybridized carbons (Fsp3) is 0.200. The number of carbonyl (C=O) groups is 2. The average molecular weight is 270 g/mol. The number of benzene rings is 1. The second-order valence-electron chi connectivity index (χ2n) is 4.78. The molecule has 20 heavy (non-hydrogen) atoms. The van der Waals surface area contributed by atoms with E-state index in [0.29, 0.717) is 12.3 Å². The summed E-state index contributed by atoms with van der Waals surface area (Å²) in [6, 6.07) is 10.8. The van der Waals surface area contributed by atoms with Gasteiger partial charge in [0.2, 0.25) is 5.91 Å². The van der Waals surface area contributed by atoms with Gasteiger partial charge in [-0.15, -0.1) is 0 Å². The molecular formula is C15H14N2O3. The molecule has 2 amide bonds. The Morgan fingerprint density at radius 1 is 1.20 bits per heavy atom. The van der Waals surface area contributed by atoms with Gasteiger partial charge in [-0.3, -0.25) is 9.59 Å². The average Bonchev–Trinajstić information content (AvgIpc) is 2.77. The van der Waals surface area contributed by atoms with Crippen LogP contribution in [0, 0.1) is 6.92 Å². The third-order valence-corrected chi connectivity index (χ3v) is 3.23. The molecule has 0 saturated carbocycles. The minimum atomic E-state index is -0.273. The van der Waals surface area contributed by atoms with Crippen LogP contribution in [0.15, 0.2) is 40.8 Å². The summed E-state index contributed by atoms with van der Waals surface area (Å²) < 4.78 is 5.34. The molecule has 0 fully saturated rings. The summed E-state index contributed by atoms with van der Waals surface area (Å²) in [4.78, 5) is 25.7. The molecule has 1 aromatic carbocycles. The first-order valence-electron chi connectivity index (χ1n) is 6.37. The largest absolute Gasteiger partial charge is 0.456 e. The van der Waals surface area contributed by atoms with Crippen LogP contribution in [-0.2, 0) is 11.3 Å². The lowest BCUT2D eigenvalue weighted by atomic mass is 10.1. The Labute approximate surface area is 116 Å². The standard InChI is InChI=1S/C15H14N2O3/c1-10-6-7-13(20-10)15(19)17-8-11-4-2-3-5-12(11)16-14(18)9-17/h2-7H,8-9H2,1H3,(H,16,18). The molecule has 0 bridgehead atoms. The van der Waals surface area contributed by atoms with Gasteiger partial charge < -0.3 is 14.6 Å². The minimum absolute atomic E-state index is 0.0211. The molecular weight excluding hydrogens is 256 g/mol. The molecule has 0 atom stereocenters. The quantitative estimate of drug-likeness (QED) is 0.864. The maximum absolute atomic E-state index is 12.4. The van der Waals surface area contributed by atoms with Crippen molar-refractivity contribution in [1.82, 2.24) is 4.90 Å². The van der Waals surface area contributed by atoms with Gasteiger partial charge in [0.1, 0.15) is 12.3 Å². The van der Waals surface area contributed by atoms with Crippen LogP contribution in [0.4, 0.5) is 5.69 Å². The number of amides is 2. The number of aryl methyl sites for hydroxylation is 1. The molecule has 0 radical (unpaired) electrons. The van der Waals surface area contributed by atoms with Crippen molar-refractivity contribution >= 4 is 17.5 Å². The highest BCUT2D eigenvalue weighted by Crippen LogP contribution is 2.21. The first kappa shape index (κ1) is 12.5. The summed E-state index contributed by atoms with van der Waals surface area (Å²) in [5, 5.41) is 2.80. The summed E-state index contributed by atoms with van der Waals surface area (Å²) in [7, 11) is 0. The Morgan fingerprint density at radius 2 is 2.00 bits per heavy atom. The van der Waals surface area contributed by atoms with Gasteiger partial charge in [0.05, 0.1) is 0 Å². The molecule has 1 aromatic heterocycles. The van der Waals surface area contributed by atoms with Crippen LogP contribution in [0.2, 0.25) is 0 Å². The highest BCUT2D eigenvalue weighted by molar-refractivity contribution is 5.99. The fourth-order valence-corrected chi connectivity index (χ4v) is 2.25. The predicted octanol–water partition coefficient (Wildman–Crippen LogP) is 2.18. The normalized spacial score (nSPS) is 14.4. The first-order chi connectivity index (χ1) is 9.63. The second-order valence-corrected chi connectivity index (χ2v) is 4.78. The zero-order valence-electron chi connectivity index (χ0n) is 11.1. The topological polar surface area (TPSA) is 62.6 Å². The lowest BCUT2D eigenvalue weighted by Crippen LogP contribution is -2.35. The minimum Gasteiger partial charge on any atom is -0.456 e. The highest BCUT2D eigenvalue weighted by atomic mass is 16.3. The molecule has 1 N–H and O–H groups in total. The molecule has 5 nitrogen and oxygen atoms in total. The van der Waals surface area contributed by atoms with Crippen LogP contribution < -0.4 is 5.32 Å². The van der Waals surface area contributed by atoms with Crippen LogP contribution in [0.25, 0.3) is 0 Å². The summed E-state index contributed by atoms with van der Waals surface area (Å²) in [5.74, 6) is 0.458. The third-order valence-electron chi connectivity index (χ3n) is 3.23.